The first-order valence-corrected chi connectivity index (χ1v) is 9.75. The average Bonchev–Trinajstić information content (AvgIpc) is 3.24. The smallest absolute Gasteiger partial charge is 0.191 e. The lowest BCUT2D eigenvalue weighted by Crippen LogP contribution is -2.57. The Balaban J connectivity index is 1.53. The average molecular weight is 311 g/mol. The molecular formula is C16H30N4S. The lowest BCUT2D eigenvalue weighted by Gasteiger charge is -2.43. The van der Waals surface area contributed by atoms with Gasteiger partial charge in [0, 0.05) is 50.3 Å². The van der Waals surface area contributed by atoms with Crippen LogP contribution in [0.4, 0.5) is 0 Å². The molecule has 0 radical (unpaired) electrons. The molecule has 0 atom stereocenters. The molecule has 2 aliphatic carbocycles. The Morgan fingerprint density at radius 1 is 1.19 bits per heavy atom. The van der Waals surface area contributed by atoms with Crippen LogP contribution in [0.1, 0.15) is 38.5 Å². The van der Waals surface area contributed by atoms with Crippen LogP contribution in [0.3, 0.4) is 0 Å². The molecule has 1 saturated heterocycles. The Kier molecular flexibility index (Phi) is 5.33. The molecule has 2 N–H and O–H groups in total. The molecule has 0 unspecified atom stereocenters. The van der Waals surface area contributed by atoms with Crippen LogP contribution in [0.15, 0.2) is 4.99 Å². The Bertz CT molecular complexity index is 355. The highest BCUT2D eigenvalue weighted by Gasteiger charge is 2.40. The first-order chi connectivity index (χ1) is 10.3. The van der Waals surface area contributed by atoms with Gasteiger partial charge in [-0.3, -0.25) is 9.89 Å². The normalized spacial score (nSPS) is 26.8. The quantitative estimate of drug-likeness (QED) is 0.601. The zero-order valence-electron chi connectivity index (χ0n) is 13.4. The van der Waals surface area contributed by atoms with Gasteiger partial charge in [-0.2, -0.15) is 11.8 Å². The van der Waals surface area contributed by atoms with Crippen molar-refractivity contribution in [2.45, 2.75) is 44.1 Å². The Morgan fingerprint density at radius 2 is 1.90 bits per heavy atom. The lowest BCUT2D eigenvalue weighted by molar-refractivity contribution is 0.107. The van der Waals surface area contributed by atoms with E-state index < -0.39 is 0 Å². The zero-order valence-corrected chi connectivity index (χ0v) is 14.2. The highest BCUT2D eigenvalue weighted by Crippen LogP contribution is 2.36. The standard InChI is InChI=1S/C16H30N4S/c1-17-15(18-12-14-4-5-14)19-13-16(6-2-3-7-16)20-8-10-21-11-9-20/h14H,2-13H2,1H3,(H2,17,18,19). The minimum atomic E-state index is 0.387. The van der Waals surface area contributed by atoms with Crippen molar-refractivity contribution in [3.8, 4) is 0 Å². The van der Waals surface area contributed by atoms with E-state index >= 15 is 0 Å². The van der Waals surface area contributed by atoms with Gasteiger partial charge >= 0.3 is 0 Å². The Hall–Kier alpha value is -0.420. The van der Waals surface area contributed by atoms with Crippen LogP contribution in [0, 0.1) is 5.92 Å². The van der Waals surface area contributed by atoms with Gasteiger partial charge in [0.2, 0.25) is 0 Å². The summed E-state index contributed by atoms with van der Waals surface area (Å²) >= 11 is 2.11. The van der Waals surface area contributed by atoms with Crippen LogP contribution in [0.25, 0.3) is 0 Å². The number of hydrogen-bond acceptors (Lipinski definition) is 3. The van der Waals surface area contributed by atoms with E-state index in [1.54, 1.807) is 0 Å². The van der Waals surface area contributed by atoms with Gasteiger partial charge in [-0.05, 0) is 31.6 Å². The first-order valence-electron chi connectivity index (χ1n) is 8.60. The summed E-state index contributed by atoms with van der Waals surface area (Å²) in [4.78, 5) is 7.16. The second-order valence-electron chi connectivity index (χ2n) is 6.78. The molecule has 0 amide bonds. The molecule has 5 heteroatoms. The topological polar surface area (TPSA) is 39.7 Å². The maximum absolute atomic E-state index is 4.40. The van der Waals surface area contributed by atoms with E-state index in [1.165, 1.54) is 63.1 Å². The monoisotopic (exact) mass is 310 g/mol. The fourth-order valence-electron chi connectivity index (χ4n) is 3.71. The molecule has 3 fully saturated rings. The third-order valence-corrected chi connectivity index (χ3v) is 6.22. The summed E-state index contributed by atoms with van der Waals surface area (Å²) in [5.41, 5.74) is 0.387. The van der Waals surface area contributed by atoms with Crippen LogP contribution in [-0.2, 0) is 0 Å². The van der Waals surface area contributed by atoms with E-state index in [-0.39, 0.29) is 0 Å². The first kappa shape index (κ1) is 15.5. The number of guanidine groups is 1. The summed E-state index contributed by atoms with van der Waals surface area (Å²) in [6, 6.07) is 0. The van der Waals surface area contributed by atoms with E-state index in [4.69, 9.17) is 0 Å². The molecule has 3 rings (SSSR count). The molecule has 21 heavy (non-hydrogen) atoms. The molecular weight excluding hydrogens is 280 g/mol. The van der Waals surface area contributed by atoms with Crippen molar-refractivity contribution in [3.05, 3.63) is 0 Å². The van der Waals surface area contributed by atoms with Crippen molar-refractivity contribution in [2.24, 2.45) is 10.9 Å². The third-order valence-electron chi connectivity index (χ3n) is 5.28. The van der Waals surface area contributed by atoms with Crippen molar-refractivity contribution in [3.63, 3.8) is 0 Å². The molecule has 0 aromatic rings. The molecule has 0 aromatic heterocycles. The minimum Gasteiger partial charge on any atom is -0.356 e. The second-order valence-corrected chi connectivity index (χ2v) is 8.01. The fraction of sp³-hybridized carbons (Fsp3) is 0.938. The SMILES string of the molecule is CN=C(NCC1CC1)NCC1(N2CCSCC2)CCCC1. The number of hydrogen-bond donors (Lipinski definition) is 2. The highest BCUT2D eigenvalue weighted by molar-refractivity contribution is 7.99. The lowest BCUT2D eigenvalue weighted by atomic mass is 9.94. The predicted octanol–water partition coefficient (Wildman–Crippen LogP) is 1.92. The third kappa shape index (κ3) is 4.07. The number of nitrogens with one attached hydrogen (secondary N) is 2. The molecule has 0 aromatic carbocycles. The van der Waals surface area contributed by atoms with Gasteiger partial charge in [0.15, 0.2) is 5.96 Å². The van der Waals surface area contributed by atoms with Gasteiger partial charge in [0.05, 0.1) is 0 Å². The maximum atomic E-state index is 4.40. The van der Waals surface area contributed by atoms with E-state index in [9.17, 15) is 0 Å². The van der Waals surface area contributed by atoms with Crippen molar-refractivity contribution >= 4 is 17.7 Å². The van der Waals surface area contributed by atoms with Gasteiger partial charge in [0.1, 0.15) is 0 Å². The van der Waals surface area contributed by atoms with E-state index in [2.05, 4.69) is 32.3 Å². The van der Waals surface area contributed by atoms with Gasteiger partial charge in [-0.15, -0.1) is 0 Å². The fourth-order valence-corrected chi connectivity index (χ4v) is 4.61. The molecule has 0 bridgehead atoms. The van der Waals surface area contributed by atoms with Crippen molar-refractivity contribution in [2.75, 3.05) is 44.7 Å². The van der Waals surface area contributed by atoms with E-state index in [0.717, 1.165) is 25.0 Å². The second kappa shape index (κ2) is 7.23. The maximum Gasteiger partial charge on any atom is 0.191 e. The van der Waals surface area contributed by atoms with E-state index in [1.807, 2.05) is 7.05 Å². The Labute approximate surface area is 133 Å². The van der Waals surface area contributed by atoms with Crippen molar-refractivity contribution in [1.29, 1.82) is 0 Å². The largest absolute Gasteiger partial charge is 0.356 e. The van der Waals surface area contributed by atoms with Crippen LogP contribution in [-0.4, -0.2) is 61.1 Å². The number of rotatable bonds is 5. The van der Waals surface area contributed by atoms with Gasteiger partial charge in [0.25, 0.3) is 0 Å². The molecule has 3 aliphatic rings. The summed E-state index contributed by atoms with van der Waals surface area (Å²) in [7, 11) is 1.89. The highest BCUT2D eigenvalue weighted by atomic mass is 32.2. The van der Waals surface area contributed by atoms with Crippen LogP contribution < -0.4 is 10.6 Å². The summed E-state index contributed by atoms with van der Waals surface area (Å²) in [5.74, 6) is 4.50. The Morgan fingerprint density at radius 3 is 2.52 bits per heavy atom. The number of nitrogens with zero attached hydrogens (tertiary/aromatic N) is 2. The predicted molar refractivity (Wildman–Crippen MR) is 92.2 cm³/mol. The van der Waals surface area contributed by atoms with Gasteiger partial charge in [-0.1, -0.05) is 12.8 Å². The van der Waals surface area contributed by atoms with Crippen molar-refractivity contribution < 1.29 is 0 Å². The number of aliphatic imine (C=N–C) groups is 1. The zero-order chi connectivity index (χ0) is 14.5. The summed E-state index contributed by atoms with van der Waals surface area (Å²) < 4.78 is 0. The molecule has 2 saturated carbocycles. The van der Waals surface area contributed by atoms with E-state index in [0.29, 0.717) is 5.54 Å². The summed E-state index contributed by atoms with van der Waals surface area (Å²) in [5, 5.41) is 7.11. The van der Waals surface area contributed by atoms with Crippen LogP contribution in [0.5, 0.6) is 0 Å². The summed E-state index contributed by atoms with van der Waals surface area (Å²) in [6.07, 6.45) is 8.26. The number of thioether (sulfide) groups is 1. The molecule has 1 heterocycles. The minimum absolute atomic E-state index is 0.387. The summed E-state index contributed by atoms with van der Waals surface area (Å²) in [6.45, 7) is 4.68. The molecule has 4 nitrogen and oxygen atoms in total. The van der Waals surface area contributed by atoms with Crippen molar-refractivity contribution in [1.82, 2.24) is 15.5 Å². The van der Waals surface area contributed by atoms with Crippen LogP contribution >= 0.6 is 11.8 Å². The molecule has 120 valence electrons. The van der Waals surface area contributed by atoms with Crippen LogP contribution in [0.2, 0.25) is 0 Å². The van der Waals surface area contributed by atoms with Gasteiger partial charge < -0.3 is 10.6 Å². The molecule has 1 aliphatic heterocycles. The van der Waals surface area contributed by atoms with Gasteiger partial charge in [-0.25, -0.2) is 0 Å². The molecule has 0 spiro atoms.